The van der Waals surface area contributed by atoms with Gasteiger partial charge in [-0.25, -0.2) is 0 Å². The molecule has 0 aliphatic carbocycles. The molecule has 1 aromatic carbocycles. The standard InChI is InChI=1S/C17H23N3O7/c1-10(2)15(18)14(21)9-26-11-4-5-12-13(8-11)17(23)19(16(12)22)6-3-7-27-20(24)25/h4-5,8,10,14-15,21H,3,6-7,9,18H2,1-2H3. The molecule has 10 heteroatoms. The third-order valence-corrected chi connectivity index (χ3v) is 4.30. The van der Waals surface area contributed by atoms with E-state index in [0.717, 1.165) is 4.90 Å². The summed E-state index contributed by atoms with van der Waals surface area (Å²) < 4.78 is 5.50. The zero-order valence-electron chi connectivity index (χ0n) is 15.2. The molecule has 2 rings (SSSR count). The van der Waals surface area contributed by atoms with Gasteiger partial charge in [0.1, 0.15) is 18.5 Å². The molecule has 0 radical (unpaired) electrons. The van der Waals surface area contributed by atoms with Crippen molar-refractivity contribution in [3.05, 3.63) is 39.4 Å². The summed E-state index contributed by atoms with van der Waals surface area (Å²) in [5, 5.41) is 19.2. The number of hydrogen-bond donors (Lipinski definition) is 2. The smallest absolute Gasteiger partial charge is 0.294 e. The van der Waals surface area contributed by atoms with Crippen molar-refractivity contribution in [2.45, 2.75) is 32.4 Å². The number of benzene rings is 1. The maximum Gasteiger partial charge on any atom is 0.294 e. The van der Waals surface area contributed by atoms with Crippen molar-refractivity contribution in [2.24, 2.45) is 11.7 Å². The van der Waals surface area contributed by atoms with Gasteiger partial charge in [0, 0.05) is 12.6 Å². The number of imide groups is 1. The van der Waals surface area contributed by atoms with Crippen LogP contribution in [0.25, 0.3) is 0 Å². The highest BCUT2D eigenvalue weighted by molar-refractivity contribution is 6.21. The average molecular weight is 381 g/mol. The molecule has 0 fully saturated rings. The Hall–Kier alpha value is -2.72. The van der Waals surface area contributed by atoms with Crippen LogP contribution >= 0.6 is 0 Å². The SMILES string of the molecule is CC(C)C(N)C(O)COc1ccc2c(c1)C(=O)N(CCCO[N+](=O)[O-])C2=O. The molecule has 148 valence electrons. The molecule has 0 spiro atoms. The lowest BCUT2D eigenvalue weighted by molar-refractivity contribution is -0.757. The van der Waals surface area contributed by atoms with Crippen LogP contribution in [0.4, 0.5) is 0 Å². The largest absolute Gasteiger partial charge is 0.491 e. The molecule has 0 saturated heterocycles. The van der Waals surface area contributed by atoms with Crippen LogP contribution in [0.15, 0.2) is 18.2 Å². The molecule has 1 aliphatic rings. The Balaban J connectivity index is 1.99. The highest BCUT2D eigenvalue weighted by atomic mass is 16.9. The Kier molecular flexibility index (Phi) is 6.70. The zero-order valence-corrected chi connectivity index (χ0v) is 15.2. The summed E-state index contributed by atoms with van der Waals surface area (Å²) in [5.41, 5.74) is 6.29. The summed E-state index contributed by atoms with van der Waals surface area (Å²) >= 11 is 0. The number of nitrogens with zero attached hydrogens (tertiary/aromatic N) is 2. The van der Waals surface area contributed by atoms with E-state index in [1.165, 1.54) is 18.2 Å². The van der Waals surface area contributed by atoms with Crippen molar-refractivity contribution in [3.63, 3.8) is 0 Å². The molecule has 3 N–H and O–H groups in total. The van der Waals surface area contributed by atoms with Gasteiger partial charge in [0.15, 0.2) is 0 Å². The molecule has 1 heterocycles. The van der Waals surface area contributed by atoms with E-state index in [1.807, 2.05) is 13.8 Å². The summed E-state index contributed by atoms with van der Waals surface area (Å²) in [6.07, 6.45) is -0.719. The first-order valence-electron chi connectivity index (χ1n) is 8.56. The fraction of sp³-hybridized carbons (Fsp3) is 0.529. The molecule has 0 saturated carbocycles. The monoisotopic (exact) mass is 381 g/mol. The number of ether oxygens (including phenoxy) is 1. The molecule has 2 unspecified atom stereocenters. The molecule has 10 nitrogen and oxygen atoms in total. The van der Waals surface area contributed by atoms with Gasteiger partial charge in [-0.15, -0.1) is 10.1 Å². The highest BCUT2D eigenvalue weighted by Gasteiger charge is 2.35. The minimum Gasteiger partial charge on any atom is -0.491 e. The number of fused-ring (bicyclic) bond motifs is 1. The minimum atomic E-state index is -0.925. The summed E-state index contributed by atoms with van der Waals surface area (Å²) in [5.74, 6) is -0.551. The number of carbonyl (C=O) groups excluding carboxylic acids is 2. The van der Waals surface area contributed by atoms with E-state index in [-0.39, 0.29) is 43.2 Å². The fourth-order valence-electron chi connectivity index (χ4n) is 2.66. The van der Waals surface area contributed by atoms with Crippen molar-refractivity contribution >= 4 is 11.8 Å². The number of amides is 2. The van der Waals surface area contributed by atoms with Gasteiger partial charge in [0.25, 0.3) is 16.9 Å². The van der Waals surface area contributed by atoms with Crippen LogP contribution in [-0.2, 0) is 4.84 Å². The lowest BCUT2D eigenvalue weighted by Gasteiger charge is -2.22. The summed E-state index contributed by atoms with van der Waals surface area (Å²) in [6, 6.07) is 4.01. The Morgan fingerprint density at radius 1 is 1.26 bits per heavy atom. The third kappa shape index (κ3) is 4.92. The first-order valence-corrected chi connectivity index (χ1v) is 8.56. The number of carbonyl (C=O) groups is 2. The van der Waals surface area contributed by atoms with Crippen LogP contribution in [0, 0.1) is 16.0 Å². The topological polar surface area (TPSA) is 145 Å². The number of rotatable bonds is 10. The average Bonchev–Trinajstić information content (AvgIpc) is 2.86. The maximum absolute atomic E-state index is 12.4. The lowest BCUT2D eigenvalue weighted by atomic mass is 10.0. The predicted molar refractivity (Wildman–Crippen MR) is 93.7 cm³/mol. The maximum atomic E-state index is 12.4. The van der Waals surface area contributed by atoms with E-state index in [1.54, 1.807) is 0 Å². The molecular weight excluding hydrogens is 358 g/mol. The number of aliphatic hydroxyl groups is 1. The molecule has 2 amide bonds. The van der Waals surface area contributed by atoms with Crippen molar-refractivity contribution in [2.75, 3.05) is 19.8 Å². The van der Waals surface area contributed by atoms with Crippen LogP contribution < -0.4 is 10.5 Å². The molecule has 2 atom stereocenters. The van der Waals surface area contributed by atoms with Gasteiger partial charge in [-0.05, 0) is 30.5 Å². The van der Waals surface area contributed by atoms with Crippen molar-refractivity contribution in [1.82, 2.24) is 4.90 Å². The zero-order chi connectivity index (χ0) is 20.1. The van der Waals surface area contributed by atoms with E-state index >= 15 is 0 Å². The second-order valence-corrected chi connectivity index (χ2v) is 6.58. The second kappa shape index (κ2) is 8.78. The van der Waals surface area contributed by atoms with Gasteiger partial charge in [-0.2, -0.15) is 0 Å². The minimum absolute atomic E-state index is 0.0122. The number of hydrogen-bond acceptors (Lipinski definition) is 8. The van der Waals surface area contributed by atoms with Crippen molar-refractivity contribution in [1.29, 1.82) is 0 Å². The van der Waals surface area contributed by atoms with Gasteiger partial charge in [0.2, 0.25) is 0 Å². The van der Waals surface area contributed by atoms with E-state index < -0.39 is 29.0 Å². The van der Waals surface area contributed by atoms with Crippen LogP contribution in [-0.4, -0.2) is 58.8 Å². The van der Waals surface area contributed by atoms with Gasteiger partial charge < -0.3 is 20.4 Å². The lowest BCUT2D eigenvalue weighted by Crippen LogP contribution is -2.42. The first kappa shape index (κ1) is 20.6. The van der Waals surface area contributed by atoms with Gasteiger partial charge in [-0.1, -0.05) is 13.8 Å². The normalized spacial score (nSPS) is 15.7. The molecule has 27 heavy (non-hydrogen) atoms. The summed E-state index contributed by atoms with van der Waals surface area (Å²) in [4.78, 5) is 40.1. The second-order valence-electron chi connectivity index (χ2n) is 6.58. The van der Waals surface area contributed by atoms with Crippen LogP contribution in [0.2, 0.25) is 0 Å². The Labute approximate surface area is 155 Å². The predicted octanol–water partition coefficient (Wildman–Crippen LogP) is 0.604. The van der Waals surface area contributed by atoms with Crippen LogP contribution in [0.3, 0.4) is 0 Å². The van der Waals surface area contributed by atoms with Gasteiger partial charge >= 0.3 is 0 Å². The summed E-state index contributed by atoms with van der Waals surface area (Å²) in [6.45, 7) is 3.54. The van der Waals surface area contributed by atoms with Crippen molar-refractivity contribution in [3.8, 4) is 5.75 Å². The molecule has 0 aromatic heterocycles. The van der Waals surface area contributed by atoms with Gasteiger partial charge in [-0.3, -0.25) is 14.5 Å². The van der Waals surface area contributed by atoms with E-state index in [4.69, 9.17) is 10.5 Å². The quantitative estimate of drug-likeness (QED) is 0.259. The number of nitrogens with two attached hydrogens (primary N) is 1. The van der Waals surface area contributed by atoms with E-state index in [9.17, 15) is 24.8 Å². The van der Waals surface area contributed by atoms with Crippen LogP contribution in [0.1, 0.15) is 41.0 Å². The molecule has 0 bridgehead atoms. The van der Waals surface area contributed by atoms with Crippen LogP contribution in [0.5, 0.6) is 5.75 Å². The van der Waals surface area contributed by atoms with Crippen molar-refractivity contribution < 1.29 is 29.4 Å². The molecule has 1 aromatic rings. The van der Waals surface area contributed by atoms with E-state index in [2.05, 4.69) is 4.84 Å². The fourth-order valence-corrected chi connectivity index (χ4v) is 2.66. The Morgan fingerprint density at radius 3 is 2.56 bits per heavy atom. The highest BCUT2D eigenvalue weighted by Crippen LogP contribution is 2.27. The van der Waals surface area contributed by atoms with E-state index in [0.29, 0.717) is 5.75 Å². The summed E-state index contributed by atoms with van der Waals surface area (Å²) in [7, 11) is 0. The molecular formula is C17H23N3O7. The Morgan fingerprint density at radius 2 is 1.93 bits per heavy atom. The molecule has 1 aliphatic heterocycles. The first-order chi connectivity index (χ1) is 12.7. The Bertz CT molecular complexity index is 722. The number of aliphatic hydroxyl groups excluding tert-OH is 1. The third-order valence-electron chi connectivity index (χ3n) is 4.30. The van der Waals surface area contributed by atoms with Gasteiger partial charge in [0.05, 0.1) is 17.7 Å².